The second kappa shape index (κ2) is 5.57. The molecule has 132 valence electrons. The van der Waals surface area contributed by atoms with Gasteiger partial charge in [-0.3, -0.25) is 9.36 Å². The lowest BCUT2D eigenvalue weighted by molar-refractivity contribution is -0.137. The van der Waals surface area contributed by atoms with Gasteiger partial charge in [0.1, 0.15) is 6.10 Å². The quantitative estimate of drug-likeness (QED) is 0.714. The molecule has 0 bridgehead atoms. The molecule has 0 saturated heterocycles. The summed E-state index contributed by atoms with van der Waals surface area (Å²) >= 11 is 0. The number of aliphatic hydroxyl groups is 1. The molecular weight excluding hydrogens is 343 g/mol. The third-order valence-electron chi connectivity index (χ3n) is 4.76. The fourth-order valence-electron chi connectivity index (χ4n) is 3.41. The summed E-state index contributed by atoms with van der Waals surface area (Å²) in [6.07, 6.45) is -5.73. The van der Waals surface area contributed by atoms with Crippen molar-refractivity contribution in [3.63, 3.8) is 0 Å². The lowest BCUT2D eigenvalue weighted by Gasteiger charge is -2.14. The lowest BCUT2D eigenvalue weighted by Crippen LogP contribution is -2.14. The number of carbonyl (C=O) groups is 1. The molecule has 0 amide bonds. The van der Waals surface area contributed by atoms with Crippen LogP contribution in [0.1, 0.15) is 34.6 Å². The molecule has 0 saturated carbocycles. The van der Waals surface area contributed by atoms with Crippen molar-refractivity contribution in [3.05, 3.63) is 77.0 Å². The molecule has 3 nitrogen and oxygen atoms in total. The smallest absolute Gasteiger partial charge is 0.383 e. The molecule has 3 aromatic rings. The Morgan fingerprint density at radius 3 is 2.35 bits per heavy atom. The Morgan fingerprint density at radius 2 is 1.69 bits per heavy atom. The van der Waals surface area contributed by atoms with Crippen LogP contribution in [0, 0.1) is 0 Å². The topological polar surface area (TPSA) is 42.2 Å². The van der Waals surface area contributed by atoms with E-state index in [-0.39, 0.29) is 17.0 Å². The molecule has 0 radical (unpaired) electrons. The maximum Gasteiger partial charge on any atom is 0.416 e. The van der Waals surface area contributed by atoms with E-state index in [0.29, 0.717) is 11.3 Å². The van der Waals surface area contributed by atoms with Crippen molar-refractivity contribution in [2.45, 2.75) is 19.2 Å². The lowest BCUT2D eigenvalue weighted by atomic mass is 9.96. The zero-order chi connectivity index (χ0) is 18.6. The molecule has 1 unspecified atom stereocenters. The zero-order valence-electron chi connectivity index (χ0n) is 13.7. The highest BCUT2D eigenvalue weighted by Gasteiger charge is 2.34. The number of allylic oxidation sites excluding steroid dienone is 1. The van der Waals surface area contributed by atoms with Gasteiger partial charge < -0.3 is 5.11 Å². The Hall–Kier alpha value is -2.86. The molecule has 1 aromatic heterocycles. The van der Waals surface area contributed by atoms with Crippen molar-refractivity contribution in [2.24, 2.45) is 0 Å². The van der Waals surface area contributed by atoms with Crippen molar-refractivity contribution in [1.29, 1.82) is 0 Å². The number of hydrogen-bond acceptors (Lipinski definition) is 2. The van der Waals surface area contributed by atoms with E-state index in [4.69, 9.17) is 0 Å². The van der Waals surface area contributed by atoms with Crippen LogP contribution in [0.25, 0.3) is 16.5 Å². The van der Waals surface area contributed by atoms with Crippen LogP contribution in [0.4, 0.5) is 13.2 Å². The molecular formula is C20H14F3NO2. The van der Waals surface area contributed by atoms with Gasteiger partial charge in [0.2, 0.25) is 0 Å². The number of halogens is 3. The first-order valence-corrected chi connectivity index (χ1v) is 8.00. The number of benzene rings is 2. The van der Waals surface area contributed by atoms with Gasteiger partial charge in [-0.15, -0.1) is 0 Å². The molecule has 2 heterocycles. The number of aromatic nitrogens is 1. The number of aliphatic hydroxyl groups excluding tert-OH is 1. The molecule has 6 heteroatoms. The van der Waals surface area contributed by atoms with Gasteiger partial charge in [-0.1, -0.05) is 30.3 Å². The highest BCUT2D eigenvalue weighted by atomic mass is 19.4. The second-order valence-electron chi connectivity index (χ2n) is 6.29. The molecule has 2 aromatic carbocycles. The Bertz CT molecular complexity index is 1060. The van der Waals surface area contributed by atoms with Crippen molar-refractivity contribution < 1.29 is 23.1 Å². The van der Waals surface area contributed by atoms with Crippen LogP contribution >= 0.6 is 0 Å². The third kappa shape index (κ3) is 2.37. The zero-order valence-corrected chi connectivity index (χ0v) is 13.7. The van der Waals surface area contributed by atoms with Crippen LogP contribution in [-0.2, 0) is 6.18 Å². The van der Waals surface area contributed by atoms with Gasteiger partial charge in [-0.05, 0) is 42.3 Å². The SMILES string of the molecule is CC1=C(C(O)c2ccc(C(F)(F)F)cc2)C(=O)n2c1cc1ccccc12. The number of carbonyl (C=O) groups excluding carboxylic acids is 1. The third-order valence-corrected chi connectivity index (χ3v) is 4.76. The van der Waals surface area contributed by atoms with Crippen LogP contribution in [0.5, 0.6) is 0 Å². The van der Waals surface area contributed by atoms with E-state index in [9.17, 15) is 23.1 Å². The van der Waals surface area contributed by atoms with Gasteiger partial charge >= 0.3 is 6.18 Å². The number of fused-ring (bicyclic) bond motifs is 3. The summed E-state index contributed by atoms with van der Waals surface area (Å²) in [5.74, 6) is -0.355. The summed E-state index contributed by atoms with van der Waals surface area (Å²) in [5.41, 5.74) is 1.69. The fourth-order valence-corrected chi connectivity index (χ4v) is 3.41. The minimum Gasteiger partial charge on any atom is -0.383 e. The molecule has 0 spiro atoms. The van der Waals surface area contributed by atoms with E-state index in [2.05, 4.69) is 0 Å². The summed E-state index contributed by atoms with van der Waals surface area (Å²) in [5, 5.41) is 11.6. The first kappa shape index (κ1) is 16.6. The Kier molecular flexibility index (Phi) is 3.56. The van der Waals surface area contributed by atoms with Gasteiger partial charge in [0, 0.05) is 5.39 Å². The minimum atomic E-state index is -4.45. The largest absolute Gasteiger partial charge is 0.416 e. The molecule has 26 heavy (non-hydrogen) atoms. The highest BCUT2D eigenvalue weighted by molar-refractivity contribution is 6.14. The van der Waals surface area contributed by atoms with Crippen LogP contribution in [0.3, 0.4) is 0 Å². The second-order valence-corrected chi connectivity index (χ2v) is 6.29. The molecule has 1 N–H and O–H groups in total. The van der Waals surface area contributed by atoms with Crippen molar-refractivity contribution in [2.75, 3.05) is 0 Å². The molecule has 0 fully saturated rings. The van der Waals surface area contributed by atoms with Gasteiger partial charge in [-0.2, -0.15) is 13.2 Å². The fraction of sp³-hybridized carbons (Fsp3) is 0.150. The van der Waals surface area contributed by atoms with Gasteiger partial charge in [0.25, 0.3) is 5.91 Å². The minimum absolute atomic E-state index is 0.186. The predicted octanol–water partition coefficient (Wildman–Crippen LogP) is 4.82. The first-order valence-electron chi connectivity index (χ1n) is 8.00. The van der Waals surface area contributed by atoms with E-state index in [1.165, 1.54) is 16.7 Å². The number of hydrogen-bond donors (Lipinski definition) is 1. The maximum absolute atomic E-state index is 12.9. The molecule has 4 rings (SSSR count). The summed E-state index contributed by atoms with van der Waals surface area (Å²) in [6, 6.07) is 13.5. The Labute approximate surface area is 147 Å². The summed E-state index contributed by atoms with van der Waals surface area (Å²) in [7, 11) is 0. The van der Waals surface area contributed by atoms with Crippen molar-refractivity contribution in [3.8, 4) is 0 Å². The van der Waals surface area contributed by atoms with E-state index in [1.807, 2.05) is 30.3 Å². The van der Waals surface area contributed by atoms with E-state index < -0.39 is 17.8 Å². The van der Waals surface area contributed by atoms with Crippen molar-refractivity contribution in [1.82, 2.24) is 4.57 Å². The Morgan fingerprint density at radius 1 is 1.04 bits per heavy atom. The molecule has 1 aliphatic heterocycles. The Balaban J connectivity index is 1.75. The van der Waals surface area contributed by atoms with Crippen LogP contribution < -0.4 is 0 Å². The molecule has 1 atom stereocenters. The van der Waals surface area contributed by atoms with E-state index in [0.717, 1.165) is 23.0 Å². The van der Waals surface area contributed by atoms with Crippen LogP contribution in [0.15, 0.2) is 60.2 Å². The normalized spacial score (nSPS) is 15.7. The summed E-state index contributed by atoms with van der Waals surface area (Å²) in [4.78, 5) is 12.9. The standard InChI is InChI=1S/C20H14F3NO2/c1-11-16-10-13-4-2-3-5-15(13)24(16)19(26)17(11)18(25)12-6-8-14(9-7-12)20(21,22)23/h2-10,18,25H,1H3. The van der Waals surface area contributed by atoms with E-state index >= 15 is 0 Å². The van der Waals surface area contributed by atoms with Gasteiger partial charge in [0.05, 0.1) is 22.3 Å². The monoisotopic (exact) mass is 357 g/mol. The first-order chi connectivity index (χ1) is 12.3. The number of nitrogens with zero attached hydrogens (tertiary/aromatic N) is 1. The molecule has 1 aliphatic rings. The average Bonchev–Trinajstić information content (AvgIpc) is 3.10. The molecule has 0 aliphatic carbocycles. The van der Waals surface area contributed by atoms with Crippen LogP contribution in [-0.4, -0.2) is 15.6 Å². The summed E-state index contributed by atoms with van der Waals surface area (Å²) < 4.78 is 39.6. The van der Waals surface area contributed by atoms with Gasteiger partial charge in [0.15, 0.2) is 0 Å². The predicted molar refractivity (Wildman–Crippen MR) is 91.6 cm³/mol. The maximum atomic E-state index is 12.9. The van der Waals surface area contributed by atoms with Crippen LogP contribution in [0.2, 0.25) is 0 Å². The average molecular weight is 357 g/mol. The summed E-state index contributed by atoms with van der Waals surface area (Å²) in [6.45, 7) is 1.73. The number of alkyl halides is 3. The van der Waals surface area contributed by atoms with Crippen molar-refractivity contribution >= 4 is 22.4 Å². The van der Waals surface area contributed by atoms with E-state index in [1.54, 1.807) is 6.92 Å². The number of para-hydroxylation sites is 1. The highest BCUT2D eigenvalue weighted by Crippen LogP contribution is 2.39. The number of rotatable bonds is 2. The van der Waals surface area contributed by atoms with Gasteiger partial charge in [-0.25, -0.2) is 0 Å².